The second-order valence-corrected chi connectivity index (χ2v) is 3.03. The molecular weight excluding hydrogens is 198 g/mol. The molecule has 0 aliphatic rings. The van der Waals surface area contributed by atoms with E-state index < -0.39 is 11.0 Å². The molecule has 0 aromatic heterocycles. The SMILES string of the molecule is N=CC(Cc1ccc([N+](=O)[O-])cc1)NO. The van der Waals surface area contributed by atoms with Crippen LogP contribution >= 0.6 is 0 Å². The van der Waals surface area contributed by atoms with Crippen molar-refractivity contribution in [3.63, 3.8) is 0 Å². The van der Waals surface area contributed by atoms with Gasteiger partial charge in [0.05, 0.1) is 11.0 Å². The van der Waals surface area contributed by atoms with Gasteiger partial charge in [0.1, 0.15) is 0 Å². The van der Waals surface area contributed by atoms with Gasteiger partial charge < -0.3 is 10.6 Å². The first-order valence-electron chi connectivity index (χ1n) is 4.31. The lowest BCUT2D eigenvalue weighted by Gasteiger charge is -2.08. The first kappa shape index (κ1) is 11.3. The van der Waals surface area contributed by atoms with E-state index in [-0.39, 0.29) is 5.69 Å². The summed E-state index contributed by atoms with van der Waals surface area (Å²) in [5.74, 6) is 0. The van der Waals surface area contributed by atoms with Gasteiger partial charge in [-0.2, -0.15) is 5.48 Å². The molecule has 0 aliphatic carbocycles. The number of nitrogens with zero attached hydrogens (tertiary/aromatic N) is 1. The minimum absolute atomic E-state index is 0.0297. The fourth-order valence-corrected chi connectivity index (χ4v) is 1.15. The van der Waals surface area contributed by atoms with Gasteiger partial charge in [0, 0.05) is 18.3 Å². The van der Waals surface area contributed by atoms with Crippen molar-refractivity contribution < 1.29 is 10.1 Å². The molecule has 0 spiro atoms. The molecule has 0 amide bonds. The number of nitro groups is 1. The largest absolute Gasteiger partial charge is 0.316 e. The number of hydrogen-bond donors (Lipinski definition) is 3. The lowest BCUT2D eigenvalue weighted by atomic mass is 10.1. The lowest BCUT2D eigenvalue weighted by molar-refractivity contribution is -0.384. The molecule has 0 fully saturated rings. The van der Waals surface area contributed by atoms with Gasteiger partial charge in [-0.3, -0.25) is 10.1 Å². The molecule has 1 aromatic carbocycles. The molecule has 0 saturated heterocycles. The van der Waals surface area contributed by atoms with Crippen LogP contribution in [0.3, 0.4) is 0 Å². The van der Waals surface area contributed by atoms with E-state index in [0.717, 1.165) is 11.8 Å². The first-order chi connectivity index (χ1) is 7.17. The predicted molar refractivity (Wildman–Crippen MR) is 54.3 cm³/mol. The number of hydroxylamine groups is 1. The Bertz CT molecular complexity index is 350. The molecular formula is C9H11N3O3. The average Bonchev–Trinajstić information content (AvgIpc) is 2.26. The van der Waals surface area contributed by atoms with Gasteiger partial charge in [0.2, 0.25) is 0 Å². The zero-order valence-electron chi connectivity index (χ0n) is 7.88. The highest BCUT2D eigenvalue weighted by Gasteiger charge is 2.07. The number of rotatable bonds is 5. The van der Waals surface area contributed by atoms with Gasteiger partial charge in [-0.1, -0.05) is 12.1 Å². The summed E-state index contributed by atoms with van der Waals surface area (Å²) in [6.45, 7) is 0. The highest BCUT2D eigenvalue weighted by Crippen LogP contribution is 2.12. The summed E-state index contributed by atoms with van der Waals surface area (Å²) >= 11 is 0. The fraction of sp³-hybridized carbons (Fsp3) is 0.222. The third-order valence-electron chi connectivity index (χ3n) is 1.97. The zero-order chi connectivity index (χ0) is 11.3. The first-order valence-corrected chi connectivity index (χ1v) is 4.31. The Morgan fingerprint density at radius 3 is 2.53 bits per heavy atom. The topological polar surface area (TPSA) is 99.2 Å². The fourth-order valence-electron chi connectivity index (χ4n) is 1.15. The van der Waals surface area contributed by atoms with Gasteiger partial charge in [-0.05, 0) is 12.0 Å². The van der Waals surface area contributed by atoms with Crippen LogP contribution in [0.25, 0.3) is 0 Å². The van der Waals surface area contributed by atoms with E-state index in [9.17, 15) is 10.1 Å². The summed E-state index contributed by atoms with van der Waals surface area (Å²) in [5, 5.41) is 25.9. The molecule has 1 aromatic rings. The van der Waals surface area contributed by atoms with Gasteiger partial charge in [-0.15, -0.1) is 0 Å². The van der Waals surface area contributed by atoms with Crippen LogP contribution in [0.15, 0.2) is 24.3 Å². The molecule has 0 radical (unpaired) electrons. The molecule has 0 bridgehead atoms. The van der Waals surface area contributed by atoms with Crippen molar-refractivity contribution in [3.05, 3.63) is 39.9 Å². The minimum atomic E-state index is -0.470. The van der Waals surface area contributed by atoms with E-state index >= 15 is 0 Å². The third-order valence-corrected chi connectivity index (χ3v) is 1.97. The Kier molecular flexibility index (Phi) is 3.90. The lowest BCUT2D eigenvalue weighted by Crippen LogP contribution is -2.29. The molecule has 1 atom stereocenters. The van der Waals surface area contributed by atoms with Crippen molar-refractivity contribution in [2.75, 3.05) is 0 Å². The van der Waals surface area contributed by atoms with E-state index in [4.69, 9.17) is 10.6 Å². The summed E-state index contributed by atoms with van der Waals surface area (Å²) in [4.78, 5) is 9.89. The van der Waals surface area contributed by atoms with Gasteiger partial charge in [0.25, 0.3) is 5.69 Å². The smallest absolute Gasteiger partial charge is 0.269 e. The Morgan fingerprint density at radius 2 is 2.13 bits per heavy atom. The number of nitro benzene ring substituents is 1. The van der Waals surface area contributed by atoms with Crippen LogP contribution in [0, 0.1) is 15.5 Å². The van der Waals surface area contributed by atoms with E-state index in [0.29, 0.717) is 6.42 Å². The van der Waals surface area contributed by atoms with E-state index in [1.165, 1.54) is 12.1 Å². The summed E-state index contributed by atoms with van der Waals surface area (Å²) in [6, 6.07) is 5.53. The maximum atomic E-state index is 10.4. The second kappa shape index (κ2) is 5.18. The second-order valence-electron chi connectivity index (χ2n) is 3.03. The third kappa shape index (κ3) is 3.12. The Hall–Kier alpha value is -1.79. The number of hydrogen-bond acceptors (Lipinski definition) is 5. The maximum absolute atomic E-state index is 10.4. The molecule has 3 N–H and O–H groups in total. The summed E-state index contributed by atoms with van der Waals surface area (Å²) < 4.78 is 0. The van der Waals surface area contributed by atoms with Crippen molar-refractivity contribution in [1.82, 2.24) is 5.48 Å². The van der Waals surface area contributed by atoms with Crippen LogP contribution in [0.5, 0.6) is 0 Å². The van der Waals surface area contributed by atoms with Crippen LogP contribution in [0.4, 0.5) is 5.69 Å². The predicted octanol–water partition coefficient (Wildman–Crippen LogP) is 1.13. The van der Waals surface area contributed by atoms with Crippen molar-refractivity contribution in [2.45, 2.75) is 12.5 Å². The molecule has 0 heterocycles. The quantitative estimate of drug-likeness (QED) is 0.384. The molecule has 0 saturated carbocycles. The number of benzene rings is 1. The van der Waals surface area contributed by atoms with Crippen LogP contribution in [-0.2, 0) is 6.42 Å². The molecule has 80 valence electrons. The summed E-state index contributed by atoms with van der Waals surface area (Å²) in [5.41, 5.74) is 2.81. The number of non-ortho nitro benzene ring substituents is 1. The van der Waals surface area contributed by atoms with Crippen LogP contribution in [0.2, 0.25) is 0 Å². The van der Waals surface area contributed by atoms with Crippen LogP contribution in [-0.4, -0.2) is 22.4 Å². The van der Waals surface area contributed by atoms with E-state index in [1.54, 1.807) is 12.1 Å². The maximum Gasteiger partial charge on any atom is 0.269 e. The van der Waals surface area contributed by atoms with E-state index in [2.05, 4.69) is 0 Å². The highest BCUT2D eigenvalue weighted by molar-refractivity contribution is 5.61. The normalized spacial score (nSPS) is 12.1. The highest BCUT2D eigenvalue weighted by atomic mass is 16.6. The molecule has 6 nitrogen and oxygen atoms in total. The molecule has 6 heteroatoms. The Balaban J connectivity index is 2.71. The monoisotopic (exact) mass is 209 g/mol. The van der Waals surface area contributed by atoms with Gasteiger partial charge in [0.15, 0.2) is 0 Å². The summed E-state index contributed by atoms with van der Waals surface area (Å²) in [6.07, 6.45) is 1.49. The molecule has 1 unspecified atom stereocenters. The molecule has 0 aliphatic heterocycles. The van der Waals surface area contributed by atoms with Crippen molar-refractivity contribution >= 4 is 11.9 Å². The number of nitrogens with one attached hydrogen (secondary N) is 2. The standard InChI is InChI=1S/C9H11N3O3/c10-6-8(11-13)5-7-1-3-9(4-2-7)12(14)15/h1-4,6,8,10-11,13H,5H2. The van der Waals surface area contributed by atoms with Crippen molar-refractivity contribution in [1.29, 1.82) is 5.41 Å². The van der Waals surface area contributed by atoms with Crippen molar-refractivity contribution in [3.8, 4) is 0 Å². The molecule has 1 rings (SSSR count). The summed E-state index contributed by atoms with van der Waals surface area (Å²) in [7, 11) is 0. The van der Waals surface area contributed by atoms with Gasteiger partial charge in [-0.25, -0.2) is 0 Å². The van der Waals surface area contributed by atoms with Crippen LogP contribution < -0.4 is 5.48 Å². The molecule has 15 heavy (non-hydrogen) atoms. The van der Waals surface area contributed by atoms with Gasteiger partial charge >= 0.3 is 0 Å². The van der Waals surface area contributed by atoms with Crippen LogP contribution in [0.1, 0.15) is 5.56 Å². The average molecular weight is 209 g/mol. The van der Waals surface area contributed by atoms with E-state index in [1.807, 2.05) is 5.48 Å². The zero-order valence-corrected chi connectivity index (χ0v) is 7.88. The minimum Gasteiger partial charge on any atom is -0.316 e. The van der Waals surface area contributed by atoms with Crippen molar-refractivity contribution in [2.24, 2.45) is 0 Å². The Labute approximate surface area is 86.2 Å². The Morgan fingerprint density at radius 1 is 1.53 bits per heavy atom.